The number of benzene rings is 1. The molecule has 0 radical (unpaired) electrons. The molecular formula is C14H15FN2O3. The molecule has 1 heterocycles. The van der Waals surface area contributed by atoms with Crippen LogP contribution >= 0.6 is 0 Å². The molecule has 6 heteroatoms. The highest BCUT2D eigenvalue weighted by Crippen LogP contribution is 2.30. The average Bonchev–Trinajstić information content (AvgIpc) is 3.22. The van der Waals surface area contributed by atoms with Crippen LogP contribution in [0.4, 0.5) is 9.18 Å². The molecule has 0 spiro atoms. The van der Waals surface area contributed by atoms with E-state index >= 15 is 0 Å². The van der Waals surface area contributed by atoms with Gasteiger partial charge in [0.1, 0.15) is 24.7 Å². The minimum absolute atomic E-state index is 0.176. The van der Waals surface area contributed by atoms with Gasteiger partial charge < -0.3 is 9.64 Å². The Morgan fingerprint density at radius 1 is 1.20 bits per heavy atom. The molecule has 20 heavy (non-hydrogen) atoms. The first kappa shape index (κ1) is 12.9. The van der Waals surface area contributed by atoms with E-state index in [4.69, 9.17) is 4.74 Å². The number of amides is 3. The Bertz CT molecular complexity index is 528. The maximum atomic E-state index is 12.7. The third kappa shape index (κ3) is 2.59. The molecule has 1 saturated heterocycles. The zero-order valence-electron chi connectivity index (χ0n) is 10.9. The van der Waals surface area contributed by atoms with Crippen molar-refractivity contribution in [2.24, 2.45) is 0 Å². The summed E-state index contributed by atoms with van der Waals surface area (Å²) in [5.74, 6) is 0.0106. The Morgan fingerprint density at radius 2 is 1.90 bits per heavy atom. The van der Waals surface area contributed by atoms with Crippen molar-refractivity contribution in [2.45, 2.75) is 18.9 Å². The quantitative estimate of drug-likeness (QED) is 0.769. The number of carbonyl (C=O) groups excluding carboxylic acids is 2. The van der Waals surface area contributed by atoms with E-state index in [1.165, 1.54) is 29.2 Å². The molecule has 1 aliphatic carbocycles. The molecule has 1 aromatic carbocycles. The predicted octanol–water partition coefficient (Wildman–Crippen LogP) is 1.63. The largest absolute Gasteiger partial charge is 0.492 e. The molecule has 1 saturated carbocycles. The van der Waals surface area contributed by atoms with E-state index in [0.29, 0.717) is 5.75 Å². The van der Waals surface area contributed by atoms with E-state index in [9.17, 15) is 14.0 Å². The van der Waals surface area contributed by atoms with Crippen LogP contribution in [0.3, 0.4) is 0 Å². The summed E-state index contributed by atoms with van der Waals surface area (Å²) in [4.78, 5) is 26.6. The molecule has 3 rings (SSSR count). The summed E-state index contributed by atoms with van der Waals surface area (Å²) >= 11 is 0. The lowest BCUT2D eigenvalue weighted by Crippen LogP contribution is -2.36. The maximum Gasteiger partial charge on any atom is 0.327 e. The fourth-order valence-corrected chi connectivity index (χ4v) is 2.24. The minimum atomic E-state index is -0.331. The normalized spacial score (nSPS) is 18.9. The van der Waals surface area contributed by atoms with Crippen molar-refractivity contribution in [3.63, 3.8) is 0 Å². The number of ether oxygens (including phenoxy) is 1. The third-order valence-corrected chi connectivity index (χ3v) is 3.47. The van der Waals surface area contributed by atoms with E-state index in [0.717, 1.165) is 12.8 Å². The van der Waals surface area contributed by atoms with Gasteiger partial charge in [-0.2, -0.15) is 0 Å². The van der Waals surface area contributed by atoms with Crippen LogP contribution < -0.4 is 4.74 Å². The number of nitrogens with zero attached hydrogens (tertiary/aromatic N) is 2. The van der Waals surface area contributed by atoms with Crippen LogP contribution in [-0.4, -0.2) is 47.5 Å². The number of hydrogen-bond acceptors (Lipinski definition) is 3. The first-order valence-corrected chi connectivity index (χ1v) is 6.64. The molecule has 0 unspecified atom stereocenters. The molecule has 2 aliphatic rings. The lowest BCUT2D eigenvalue weighted by Gasteiger charge is -2.16. The molecule has 1 aromatic rings. The van der Waals surface area contributed by atoms with Crippen molar-refractivity contribution in [3.8, 4) is 5.75 Å². The fraction of sp³-hybridized carbons (Fsp3) is 0.429. The van der Waals surface area contributed by atoms with Crippen LogP contribution in [0.1, 0.15) is 12.8 Å². The zero-order valence-corrected chi connectivity index (χ0v) is 10.9. The molecule has 5 nitrogen and oxygen atoms in total. The van der Waals surface area contributed by atoms with Gasteiger partial charge in [-0.15, -0.1) is 0 Å². The van der Waals surface area contributed by atoms with Crippen molar-refractivity contribution in [1.82, 2.24) is 9.80 Å². The standard InChI is InChI=1S/C14H15FN2O3/c15-10-1-5-12(6-2-10)20-8-7-16-13(18)9-17(14(16)19)11-3-4-11/h1-2,5-6,11H,3-4,7-9H2. The van der Waals surface area contributed by atoms with E-state index in [1.54, 1.807) is 4.90 Å². The number of hydrogen-bond donors (Lipinski definition) is 0. The molecule has 106 valence electrons. The summed E-state index contributed by atoms with van der Waals surface area (Å²) in [7, 11) is 0. The Balaban J connectivity index is 1.51. The van der Waals surface area contributed by atoms with Gasteiger partial charge in [0.15, 0.2) is 0 Å². The third-order valence-electron chi connectivity index (χ3n) is 3.47. The molecular weight excluding hydrogens is 263 g/mol. The first-order valence-electron chi connectivity index (χ1n) is 6.64. The topological polar surface area (TPSA) is 49.9 Å². The summed E-state index contributed by atoms with van der Waals surface area (Å²) < 4.78 is 18.1. The van der Waals surface area contributed by atoms with E-state index < -0.39 is 0 Å². The van der Waals surface area contributed by atoms with Gasteiger partial charge in [-0.1, -0.05) is 0 Å². The monoisotopic (exact) mass is 278 g/mol. The second-order valence-electron chi connectivity index (χ2n) is 4.99. The van der Waals surface area contributed by atoms with Gasteiger partial charge in [-0.25, -0.2) is 9.18 Å². The number of urea groups is 1. The molecule has 0 bridgehead atoms. The van der Waals surface area contributed by atoms with E-state index in [-0.39, 0.29) is 43.5 Å². The Hall–Kier alpha value is -2.11. The van der Waals surface area contributed by atoms with Gasteiger partial charge in [0, 0.05) is 6.04 Å². The Morgan fingerprint density at radius 3 is 2.55 bits per heavy atom. The Labute approximate surface area is 115 Å². The smallest absolute Gasteiger partial charge is 0.327 e. The van der Waals surface area contributed by atoms with Crippen LogP contribution in [0.5, 0.6) is 5.75 Å². The Kier molecular flexibility index (Phi) is 3.30. The average molecular weight is 278 g/mol. The second-order valence-corrected chi connectivity index (χ2v) is 4.99. The van der Waals surface area contributed by atoms with Gasteiger partial charge in [0.05, 0.1) is 6.54 Å². The SMILES string of the molecule is O=C1CN(C2CC2)C(=O)N1CCOc1ccc(F)cc1. The van der Waals surface area contributed by atoms with Gasteiger partial charge in [-0.3, -0.25) is 9.69 Å². The van der Waals surface area contributed by atoms with Crippen molar-refractivity contribution in [1.29, 1.82) is 0 Å². The second kappa shape index (κ2) is 5.11. The number of carbonyl (C=O) groups is 2. The van der Waals surface area contributed by atoms with E-state index in [2.05, 4.69) is 0 Å². The minimum Gasteiger partial charge on any atom is -0.492 e. The lowest BCUT2D eigenvalue weighted by molar-refractivity contribution is -0.125. The summed E-state index contributed by atoms with van der Waals surface area (Å²) in [6.07, 6.45) is 1.97. The van der Waals surface area contributed by atoms with Gasteiger partial charge in [0.2, 0.25) is 5.91 Å². The van der Waals surface area contributed by atoms with Crippen LogP contribution in [0, 0.1) is 5.82 Å². The summed E-state index contributed by atoms with van der Waals surface area (Å²) in [6.45, 7) is 0.611. The summed E-state index contributed by atoms with van der Waals surface area (Å²) in [6, 6.07) is 5.65. The van der Waals surface area contributed by atoms with Gasteiger partial charge >= 0.3 is 6.03 Å². The van der Waals surface area contributed by atoms with Crippen LogP contribution in [-0.2, 0) is 4.79 Å². The summed E-state index contributed by atoms with van der Waals surface area (Å²) in [5, 5.41) is 0. The maximum absolute atomic E-state index is 12.7. The van der Waals surface area contributed by atoms with Gasteiger partial charge in [-0.05, 0) is 37.1 Å². The van der Waals surface area contributed by atoms with Crippen molar-refractivity contribution in [3.05, 3.63) is 30.1 Å². The molecule has 3 amide bonds. The van der Waals surface area contributed by atoms with Crippen LogP contribution in [0.25, 0.3) is 0 Å². The van der Waals surface area contributed by atoms with Crippen LogP contribution in [0.2, 0.25) is 0 Å². The predicted molar refractivity (Wildman–Crippen MR) is 68.7 cm³/mol. The van der Waals surface area contributed by atoms with Crippen molar-refractivity contribution < 1.29 is 18.7 Å². The first-order chi connectivity index (χ1) is 9.65. The highest BCUT2D eigenvalue weighted by Gasteiger charge is 2.43. The fourth-order valence-electron chi connectivity index (χ4n) is 2.24. The van der Waals surface area contributed by atoms with Crippen molar-refractivity contribution in [2.75, 3.05) is 19.7 Å². The van der Waals surface area contributed by atoms with Crippen molar-refractivity contribution >= 4 is 11.9 Å². The number of imide groups is 1. The lowest BCUT2D eigenvalue weighted by atomic mass is 10.3. The number of halogens is 1. The molecule has 0 N–H and O–H groups in total. The highest BCUT2D eigenvalue weighted by atomic mass is 19.1. The highest BCUT2D eigenvalue weighted by molar-refractivity contribution is 6.02. The zero-order chi connectivity index (χ0) is 14.1. The molecule has 0 aromatic heterocycles. The molecule has 0 atom stereocenters. The molecule has 1 aliphatic heterocycles. The molecule has 2 fully saturated rings. The number of rotatable bonds is 5. The van der Waals surface area contributed by atoms with E-state index in [1.807, 2.05) is 0 Å². The summed E-state index contributed by atoms with van der Waals surface area (Å²) in [5.41, 5.74) is 0. The van der Waals surface area contributed by atoms with Crippen LogP contribution in [0.15, 0.2) is 24.3 Å². The van der Waals surface area contributed by atoms with Gasteiger partial charge in [0.25, 0.3) is 0 Å².